The Hall–Kier alpha value is -0.620. The molecule has 2 fully saturated rings. The Kier molecular flexibility index (Phi) is 5.43. The quantitative estimate of drug-likeness (QED) is 0.843. The highest BCUT2D eigenvalue weighted by molar-refractivity contribution is 7.91. The van der Waals surface area contributed by atoms with Gasteiger partial charge in [-0.15, -0.1) is 0 Å². The second-order valence-corrected chi connectivity index (χ2v) is 8.31. The molecular formula is C14H26N2O3S. The molecule has 2 rings (SSSR count). The number of amides is 1. The Balaban J connectivity index is 1.86. The summed E-state index contributed by atoms with van der Waals surface area (Å²) in [4.78, 5) is 14.3. The van der Waals surface area contributed by atoms with Crippen molar-refractivity contribution in [2.24, 2.45) is 0 Å². The highest BCUT2D eigenvalue weighted by Gasteiger charge is 2.28. The molecule has 1 amide bonds. The largest absolute Gasteiger partial charge is 0.341 e. The van der Waals surface area contributed by atoms with Crippen LogP contribution in [0.3, 0.4) is 0 Å². The smallest absolute Gasteiger partial charge is 0.239 e. The van der Waals surface area contributed by atoms with Gasteiger partial charge in [0.15, 0.2) is 9.84 Å². The van der Waals surface area contributed by atoms with E-state index in [0.29, 0.717) is 12.2 Å². The van der Waals surface area contributed by atoms with Gasteiger partial charge in [-0.3, -0.25) is 4.79 Å². The van der Waals surface area contributed by atoms with Gasteiger partial charge in [0.2, 0.25) is 5.91 Å². The fourth-order valence-corrected chi connectivity index (χ4v) is 4.79. The fourth-order valence-electron chi connectivity index (χ4n) is 3.14. The highest BCUT2D eigenvalue weighted by atomic mass is 32.2. The van der Waals surface area contributed by atoms with Gasteiger partial charge in [0.1, 0.15) is 0 Å². The Labute approximate surface area is 122 Å². The molecule has 2 atom stereocenters. The summed E-state index contributed by atoms with van der Waals surface area (Å²) in [5.41, 5.74) is 0. The molecule has 2 saturated heterocycles. The molecule has 6 heteroatoms. The first kappa shape index (κ1) is 15.8. The van der Waals surface area contributed by atoms with E-state index in [0.717, 1.165) is 32.4 Å². The lowest BCUT2D eigenvalue weighted by Crippen LogP contribution is -2.51. The second kappa shape index (κ2) is 6.89. The summed E-state index contributed by atoms with van der Waals surface area (Å²) in [6.45, 7) is 3.54. The van der Waals surface area contributed by atoms with Crippen LogP contribution in [0.1, 0.15) is 45.4 Å². The van der Waals surface area contributed by atoms with Gasteiger partial charge in [0.05, 0.1) is 17.5 Å². The maximum absolute atomic E-state index is 12.4. The summed E-state index contributed by atoms with van der Waals surface area (Å²) in [5, 5.41) is 3.22. The van der Waals surface area contributed by atoms with Crippen LogP contribution in [0.4, 0.5) is 0 Å². The topological polar surface area (TPSA) is 66.5 Å². The summed E-state index contributed by atoms with van der Waals surface area (Å²) in [5.74, 6) is 0.583. The Morgan fingerprint density at radius 1 is 1.15 bits per heavy atom. The zero-order chi connectivity index (χ0) is 14.6. The summed E-state index contributed by atoms with van der Waals surface area (Å²) in [7, 11) is -2.92. The van der Waals surface area contributed by atoms with Crippen molar-refractivity contribution >= 4 is 15.7 Å². The molecule has 1 N–H and O–H groups in total. The van der Waals surface area contributed by atoms with Crippen molar-refractivity contribution in [1.29, 1.82) is 0 Å². The Morgan fingerprint density at radius 3 is 2.40 bits per heavy atom. The van der Waals surface area contributed by atoms with Crippen LogP contribution >= 0.6 is 0 Å². The van der Waals surface area contributed by atoms with E-state index in [9.17, 15) is 13.2 Å². The van der Waals surface area contributed by atoms with Crippen LogP contribution in [0.5, 0.6) is 0 Å². The normalized spacial score (nSPS) is 28.6. The molecule has 0 aromatic rings. The monoisotopic (exact) mass is 302 g/mol. The van der Waals surface area contributed by atoms with Crippen LogP contribution < -0.4 is 5.32 Å². The van der Waals surface area contributed by atoms with E-state index >= 15 is 0 Å². The lowest BCUT2D eigenvalue weighted by molar-refractivity contribution is -0.133. The van der Waals surface area contributed by atoms with Crippen LogP contribution in [-0.4, -0.2) is 55.9 Å². The number of hydrogen-bond donors (Lipinski definition) is 1. The molecule has 2 aliphatic rings. The molecular weight excluding hydrogens is 276 g/mol. The number of hydrogen-bond acceptors (Lipinski definition) is 4. The van der Waals surface area contributed by atoms with Gasteiger partial charge in [-0.05, 0) is 32.6 Å². The molecule has 0 saturated carbocycles. The average molecular weight is 302 g/mol. The van der Waals surface area contributed by atoms with Gasteiger partial charge in [-0.25, -0.2) is 8.42 Å². The van der Waals surface area contributed by atoms with E-state index < -0.39 is 9.84 Å². The standard InChI is InChI=1S/C14H26N2O3S/c1-12(14(17)16-8-4-2-3-5-9-16)15-13-7-6-10-20(18,19)11-13/h12-13,15H,2-11H2,1H3. The number of rotatable bonds is 3. The maximum Gasteiger partial charge on any atom is 0.239 e. The van der Waals surface area contributed by atoms with Gasteiger partial charge in [0, 0.05) is 19.1 Å². The highest BCUT2D eigenvalue weighted by Crippen LogP contribution is 2.14. The maximum atomic E-state index is 12.4. The third-order valence-corrected chi connectivity index (χ3v) is 6.06. The molecule has 0 aromatic heterocycles. The SMILES string of the molecule is CC(NC1CCCS(=O)(=O)C1)C(=O)N1CCCCCC1. The molecule has 5 nitrogen and oxygen atoms in total. The molecule has 2 heterocycles. The van der Waals surface area contributed by atoms with Crippen LogP contribution in [0.25, 0.3) is 0 Å². The molecule has 116 valence electrons. The molecule has 0 aliphatic carbocycles. The van der Waals surface area contributed by atoms with Crippen molar-refractivity contribution < 1.29 is 13.2 Å². The molecule has 2 unspecified atom stereocenters. The van der Waals surface area contributed by atoms with E-state index in [1.54, 1.807) is 0 Å². The molecule has 2 aliphatic heterocycles. The number of sulfone groups is 1. The third kappa shape index (κ3) is 4.45. The molecule has 0 bridgehead atoms. The summed E-state index contributed by atoms with van der Waals surface area (Å²) in [6, 6.07) is -0.355. The average Bonchev–Trinajstić information content (AvgIpc) is 2.65. The minimum atomic E-state index is -2.92. The zero-order valence-electron chi connectivity index (χ0n) is 12.3. The molecule has 0 aromatic carbocycles. The first-order chi connectivity index (χ1) is 9.48. The van der Waals surface area contributed by atoms with Gasteiger partial charge in [-0.2, -0.15) is 0 Å². The van der Waals surface area contributed by atoms with Crippen molar-refractivity contribution in [1.82, 2.24) is 10.2 Å². The van der Waals surface area contributed by atoms with E-state index in [4.69, 9.17) is 0 Å². The summed E-state index contributed by atoms with van der Waals surface area (Å²) >= 11 is 0. The van der Waals surface area contributed by atoms with E-state index in [2.05, 4.69) is 5.32 Å². The van der Waals surface area contributed by atoms with Crippen molar-refractivity contribution in [3.8, 4) is 0 Å². The number of nitrogens with one attached hydrogen (secondary N) is 1. The van der Waals surface area contributed by atoms with Crippen molar-refractivity contribution in [2.45, 2.75) is 57.5 Å². The van der Waals surface area contributed by atoms with Gasteiger partial charge >= 0.3 is 0 Å². The first-order valence-corrected chi connectivity index (χ1v) is 9.55. The van der Waals surface area contributed by atoms with Crippen LogP contribution in [-0.2, 0) is 14.6 Å². The van der Waals surface area contributed by atoms with Crippen molar-refractivity contribution in [3.63, 3.8) is 0 Å². The summed E-state index contributed by atoms with van der Waals surface area (Å²) in [6.07, 6.45) is 6.10. The Bertz CT molecular complexity index is 428. The fraction of sp³-hybridized carbons (Fsp3) is 0.929. The minimum Gasteiger partial charge on any atom is -0.341 e. The van der Waals surface area contributed by atoms with Crippen LogP contribution in [0.2, 0.25) is 0 Å². The predicted molar refractivity (Wildman–Crippen MR) is 79.3 cm³/mol. The lowest BCUT2D eigenvalue weighted by atomic mass is 10.1. The predicted octanol–water partition coefficient (Wildman–Crippen LogP) is 0.944. The van der Waals surface area contributed by atoms with Crippen LogP contribution in [0.15, 0.2) is 0 Å². The number of nitrogens with zero attached hydrogens (tertiary/aromatic N) is 1. The van der Waals surface area contributed by atoms with Crippen molar-refractivity contribution in [3.05, 3.63) is 0 Å². The van der Waals surface area contributed by atoms with Gasteiger partial charge < -0.3 is 10.2 Å². The summed E-state index contributed by atoms with van der Waals surface area (Å²) < 4.78 is 23.2. The zero-order valence-corrected chi connectivity index (χ0v) is 13.1. The third-order valence-electron chi connectivity index (χ3n) is 4.24. The molecule has 20 heavy (non-hydrogen) atoms. The molecule has 0 radical (unpaired) electrons. The number of likely N-dealkylation sites (tertiary alicyclic amines) is 1. The lowest BCUT2D eigenvalue weighted by Gasteiger charge is -2.29. The van der Waals surface area contributed by atoms with Crippen molar-refractivity contribution in [2.75, 3.05) is 24.6 Å². The van der Waals surface area contributed by atoms with E-state index in [1.165, 1.54) is 12.8 Å². The number of carbonyl (C=O) groups is 1. The minimum absolute atomic E-state index is 0.0697. The number of carbonyl (C=O) groups excluding carboxylic acids is 1. The second-order valence-electron chi connectivity index (χ2n) is 6.08. The Morgan fingerprint density at radius 2 is 1.80 bits per heavy atom. The van der Waals surface area contributed by atoms with E-state index in [-0.39, 0.29) is 23.7 Å². The van der Waals surface area contributed by atoms with Gasteiger partial charge in [0.25, 0.3) is 0 Å². The van der Waals surface area contributed by atoms with E-state index in [1.807, 2.05) is 11.8 Å². The first-order valence-electron chi connectivity index (χ1n) is 7.73. The van der Waals surface area contributed by atoms with Gasteiger partial charge in [-0.1, -0.05) is 12.8 Å². The van der Waals surface area contributed by atoms with Crippen LogP contribution in [0, 0.1) is 0 Å². The molecule has 0 spiro atoms.